The summed E-state index contributed by atoms with van der Waals surface area (Å²) in [5, 5.41) is 21.6. The van der Waals surface area contributed by atoms with Crippen molar-refractivity contribution in [3.63, 3.8) is 0 Å². The molecule has 0 amide bonds. The molecule has 1 aromatic carbocycles. The van der Waals surface area contributed by atoms with Crippen LogP contribution in [0.4, 0.5) is 0 Å². The molecule has 0 aliphatic carbocycles. The summed E-state index contributed by atoms with van der Waals surface area (Å²) in [6.45, 7) is 8.20. The molecule has 8 heteroatoms. The molecule has 2 rings (SSSR count). The van der Waals surface area contributed by atoms with Crippen LogP contribution >= 0.6 is 0 Å². The lowest BCUT2D eigenvalue weighted by Crippen LogP contribution is -2.46. The van der Waals surface area contributed by atoms with Crippen LogP contribution in [0.5, 0.6) is 0 Å². The summed E-state index contributed by atoms with van der Waals surface area (Å²) < 4.78 is 0. The van der Waals surface area contributed by atoms with Crippen LogP contribution in [0.25, 0.3) is 0 Å². The van der Waals surface area contributed by atoms with Crippen LogP contribution in [0.3, 0.4) is 0 Å². The number of nitrogens with one attached hydrogen (secondary N) is 1. The molecule has 0 saturated carbocycles. The van der Waals surface area contributed by atoms with Crippen LogP contribution in [-0.4, -0.2) is 109 Å². The Kier molecular flexibility index (Phi) is 11.7. The first kappa shape index (κ1) is 26.3. The van der Waals surface area contributed by atoms with Crippen molar-refractivity contribution in [3.8, 4) is 0 Å². The van der Waals surface area contributed by atoms with Gasteiger partial charge in [0.2, 0.25) is 0 Å². The van der Waals surface area contributed by atoms with E-state index in [0.717, 1.165) is 71.5 Å². The molecule has 0 radical (unpaired) electrons. The van der Waals surface area contributed by atoms with Crippen molar-refractivity contribution >= 4 is 11.9 Å². The number of carbonyl (C=O) groups is 2. The zero-order valence-corrected chi connectivity index (χ0v) is 19.6. The molecule has 1 heterocycles. The molecular formula is C24H40N4O4. The Hall–Kier alpha value is -2.00. The Balaban J connectivity index is 2.02. The molecule has 0 aromatic heterocycles. The van der Waals surface area contributed by atoms with Crippen molar-refractivity contribution < 1.29 is 19.8 Å². The number of benzene rings is 1. The van der Waals surface area contributed by atoms with Gasteiger partial charge in [-0.05, 0) is 84.5 Å². The van der Waals surface area contributed by atoms with Gasteiger partial charge in [-0.1, -0.05) is 29.8 Å². The molecule has 1 fully saturated rings. The number of hydrogen-bond donors (Lipinski definition) is 3. The molecule has 1 aromatic rings. The van der Waals surface area contributed by atoms with Crippen molar-refractivity contribution in [1.29, 1.82) is 0 Å². The van der Waals surface area contributed by atoms with Gasteiger partial charge in [-0.3, -0.25) is 14.5 Å². The van der Waals surface area contributed by atoms with Gasteiger partial charge < -0.3 is 25.3 Å². The van der Waals surface area contributed by atoms with Gasteiger partial charge in [0.1, 0.15) is 0 Å². The highest BCUT2D eigenvalue weighted by atomic mass is 16.4. The fraction of sp³-hybridized carbons (Fsp3) is 0.667. The number of aliphatic carboxylic acids is 2. The lowest BCUT2D eigenvalue weighted by molar-refractivity contribution is -0.138. The average molecular weight is 449 g/mol. The highest BCUT2D eigenvalue weighted by molar-refractivity contribution is 5.69. The summed E-state index contributed by atoms with van der Waals surface area (Å²) in [7, 11) is 2.12. The van der Waals surface area contributed by atoms with Gasteiger partial charge in [-0.2, -0.15) is 0 Å². The predicted molar refractivity (Wildman–Crippen MR) is 126 cm³/mol. The quantitative estimate of drug-likeness (QED) is 0.522. The summed E-state index contributed by atoms with van der Waals surface area (Å²) >= 11 is 0. The summed E-state index contributed by atoms with van der Waals surface area (Å²) in [5.41, 5.74) is 2.40. The van der Waals surface area contributed by atoms with Crippen molar-refractivity contribution in [2.24, 2.45) is 0 Å². The Bertz CT molecular complexity index is 698. The number of nitrogens with zero attached hydrogens (tertiary/aromatic N) is 3. The Morgan fingerprint density at radius 1 is 0.906 bits per heavy atom. The monoisotopic (exact) mass is 448 g/mol. The first-order valence-electron chi connectivity index (χ1n) is 11.7. The van der Waals surface area contributed by atoms with E-state index >= 15 is 0 Å². The molecule has 8 nitrogen and oxygen atoms in total. The van der Waals surface area contributed by atoms with Gasteiger partial charge in [0, 0.05) is 12.6 Å². The van der Waals surface area contributed by atoms with Crippen LogP contribution in [0.15, 0.2) is 24.3 Å². The minimum atomic E-state index is -0.849. The molecule has 32 heavy (non-hydrogen) atoms. The van der Waals surface area contributed by atoms with Crippen molar-refractivity contribution in [2.45, 2.75) is 38.6 Å². The van der Waals surface area contributed by atoms with Gasteiger partial charge in [0.25, 0.3) is 0 Å². The number of hydrogen-bond acceptors (Lipinski definition) is 6. The molecule has 1 atom stereocenters. The topological polar surface area (TPSA) is 96.4 Å². The lowest BCUT2D eigenvalue weighted by Gasteiger charge is -2.31. The lowest BCUT2D eigenvalue weighted by atomic mass is 10.0. The van der Waals surface area contributed by atoms with E-state index in [4.69, 9.17) is 0 Å². The normalized spacial score (nSPS) is 19.1. The molecule has 3 N–H and O–H groups in total. The minimum Gasteiger partial charge on any atom is -0.480 e. The van der Waals surface area contributed by atoms with Crippen molar-refractivity contribution in [3.05, 3.63) is 35.4 Å². The minimum absolute atomic E-state index is 0.0366. The van der Waals surface area contributed by atoms with E-state index in [2.05, 4.69) is 53.4 Å². The van der Waals surface area contributed by atoms with Crippen LogP contribution in [0.1, 0.15) is 30.4 Å². The smallest absolute Gasteiger partial charge is 0.317 e. The third kappa shape index (κ3) is 11.0. The van der Waals surface area contributed by atoms with Gasteiger partial charge in [-0.15, -0.1) is 0 Å². The summed E-state index contributed by atoms with van der Waals surface area (Å²) in [5.74, 6) is -1.63. The second-order valence-corrected chi connectivity index (χ2v) is 9.00. The van der Waals surface area contributed by atoms with Crippen molar-refractivity contribution in [1.82, 2.24) is 20.0 Å². The van der Waals surface area contributed by atoms with Gasteiger partial charge in [0.15, 0.2) is 0 Å². The zero-order valence-electron chi connectivity index (χ0n) is 19.6. The zero-order chi connectivity index (χ0) is 23.3. The van der Waals surface area contributed by atoms with E-state index < -0.39 is 11.9 Å². The molecule has 1 unspecified atom stereocenters. The second kappa shape index (κ2) is 14.2. The van der Waals surface area contributed by atoms with Crippen LogP contribution in [0, 0.1) is 6.92 Å². The summed E-state index contributed by atoms with van der Waals surface area (Å²) in [6, 6.07) is 8.44. The largest absolute Gasteiger partial charge is 0.480 e. The maximum Gasteiger partial charge on any atom is 0.317 e. The second-order valence-electron chi connectivity index (χ2n) is 9.00. The molecule has 0 bridgehead atoms. The third-order valence-corrected chi connectivity index (χ3v) is 5.96. The number of aryl methyl sites for hydroxylation is 1. The van der Waals surface area contributed by atoms with Gasteiger partial charge in [-0.25, -0.2) is 0 Å². The fourth-order valence-electron chi connectivity index (χ4n) is 4.27. The number of rotatable bonds is 9. The standard InChI is InChI=1S/C24H40N4O4/c1-20-6-8-21(9-7-20)16-22(25-17-23(29)30)18-27-12-3-10-26(2)11-4-13-28(15-5-14-27)19-24(31)32/h6-9,22,25H,3-5,10-19H2,1-2H3,(H,29,30)(H,31,32). The highest BCUT2D eigenvalue weighted by Gasteiger charge is 2.18. The number of carboxylic acid groups (broad SMARTS) is 2. The van der Waals surface area contributed by atoms with Crippen LogP contribution in [0.2, 0.25) is 0 Å². The van der Waals surface area contributed by atoms with E-state index in [9.17, 15) is 19.8 Å². The maximum absolute atomic E-state index is 11.2. The predicted octanol–water partition coefficient (Wildman–Crippen LogP) is 1.38. The molecule has 1 aliphatic heterocycles. The van der Waals surface area contributed by atoms with Gasteiger partial charge >= 0.3 is 11.9 Å². The molecule has 1 aliphatic rings. The Morgan fingerprint density at radius 3 is 2.03 bits per heavy atom. The SMILES string of the molecule is Cc1ccc(CC(CN2CCCN(C)CCCN(CC(=O)O)CCC2)NCC(=O)O)cc1. The summed E-state index contributed by atoms with van der Waals surface area (Å²) in [4.78, 5) is 29.1. The molecule has 1 saturated heterocycles. The van der Waals surface area contributed by atoms with Gasteiger partial charge in [0.05, 0.1) is 13.1 Å². The van der Waals surface area contributed by atoms with E-state index in [1.807, 2.05) is 4.90 Å². The third-order valence-electron chi connectivity index (χ3n) is 5.96. The van der Waals surface area contributed by atoms with E-state index in [-0.39, 0.29) is 19.1 Å². The van der Waals surface area contributed by atoms with Crippen LogP contribution in [-0.2, 0) is 16.0 Å². The van der Waals surface area contributed by atoms with Crippen LogP contribution < -0.4 is 5.32 Å². The number of carboxylic acids is 2. The fourth-order valence-corrected chi connectivity index (χ4v) is 4.27. The van der Waals surface area contributed by atoms with E-state index in [0.29, 0.717) is 0 Å². The molecule has 0 spiro atoms. The first-order valence-corrected chi connectivity index (χ1v) is 11.7. The highest BCUT2D eigenvalue weighted by Crippen LogP contribution is 2.09. The van der Waals surface area contributed by atoms with Crippen molar-refractivity contribution in [2.75, 3.05) is 66.0 Å². The first-order chi connectivity index (χ1) is 15.3. The van der Waals surface area contributed by atoms with E-state index in [1.54, 1.807) is 0 Å². The maximum atomic E-state index is 11.2. The average Bonchev–Trinajstić information content (AvgIpc) is 2.71. The van der Waals surface area contributed by atoms with E-state index in [1.165, 1.54) is 11.1 Å². The Labute approximate surface area is 192 Å². The molecular weight excluding hydrogens is 408 g/mol. The Morgan fingerprint density at radius 2 is 1.47 bits per heavy atom. The summed E-state index contributed by atoms with van der Waals surface area (Å²) in [6.07, 6.45) is 3.71. The molecule has 180 valence electrons.